The zero-order valence-electron chi connectivity index (χ0n) is 14.9. The van der Waals surface area contributed by atoms with E-state index in [1.807, 2.05) is 12.3 Å². The Morgan fingerprint density at radius 3 is 2.71 bits per heavy atom. The topological polar surface area (TPSA) is 28.2 Å². The second-order valence-corrected chi connectivity index (χ2v) is 7.04. The van der Waals surface area contributed by atoms with Crippen LogP contribution in [0.2, 0.25) is 0 Å². The summed E-state index contributed by atoms with van der Waals surface area (Å²) in [5.74, 6) is 1.11. The number of hydrogen-bond acceptors (Lipinski definition) is 3. The van der Waals surface area contributed by atoms with Crippen molar-refractivity contribution in [2.24, 2.45) is 0 Å². The minimum atomic E-state index is 0.567. The first kappa shape index (κ1) is 17.0. The Morgan fingerprint density at radius 2 is 2.00 bits per heavy atom. The highest BCUT2D eigenvalue weighted by molar-refractivity contribution is 5.38. The average Bonchev–Trinajstić information content (AvgIpc) is 2.61. The molecule has 0 radical (unpaired) electrons. The van der Waals surface area contributed by atoms with Crippen LogP contribution in [0.4, 0.5) is 5.82 Å². The maximum atomic E-state index is 4.46. The number of hydrogen-bond donors (Lipinski definition) is 1. The summed E-state index contributed by atoms with van der Waals surface area (Å²) in [5.41, 5.74) is 2.81. The van der Waals surface area contributed by atoms with Gasteiger partial charge in [0.1, 0.15) is 5.82 Å². The lowest BCUT2D eigenvalue weighted by molar-refractivity contribution is 0.366. The fourth-order valence-corrected chi connectivity index (χ4v) is 3.55. The van der Waals surface area contributed by atoms with Crippen molar-refractivity contribution in [3.8, 4) is 0 Å². The summed E-state index contributed by atoms with van der Waals surface area (Å²) in [6.07, 6.45) is 6.64. The first-order chi connectivity index (χ1) is 11.7. The van der Waals surface area contributed by atoms with E-state index in [9.17, 15) is 0 Å². The van der Waals surface area contributed by atoms with Crippen molar-refractivity contribution in [1.82, 2.24) is 10.3 Å². The monoisotopic (exact) mass is 323 g/mol. The summed E-state index contributed by atoms with van der Waals surface area (Å²) in [4.78, 5) is 6.86. The third kappa shape index (κ3) is 4.81. The van der Waals surface area contributed by atoms with Crippen molar-refractivity contribution in [3.63, 3.8) is 0 Å². The first-order valence-corrected chi connectivity index (χ1v) is 9.18. The highest BCUT2D eigenvalue weighted by Crippen LogP contribution is 2.18. The number of benzene rings is 1. The van der Waals surface area contributed by atoms with E-state index in [0.29, 0.717) is 12.1 Å². The Kier molecular flexibility index (Phi) is 5.86. The average molecular weight is 323 g/mol. The predicted molar refractivity (Wildman–Crippen MR) is 102 cm³/mol. The van der Waals surface area contributed by atoms with E-state index < -0.39 is 0 Å². The Morgan fingerprint density at radius 1 is 1.17 bits per heavy atom. The van der Waals surface area contributed by atoms with Gasteiger partial charge in [-0.3, -0.25) is 0 Å². The maximum absolute atomic E-state index is 4.46. The molecule has 2 heterocycles. The molecule has 3 rings (SSSR count). The zero-order valence-corrected chi connectivity index (χ0v) is 14.9. The fourth-order valence-electron chi connectivity index (χ4n) is 3.55. The van der Waals surface area contributed by atoms with Crippen LogP contribution < -0.4 is 10.2 Å². The predicted octanol–water partition coefficient (Wildman–Crippen LogP) is 3.97. The second kappa shape index (κ2) is 8.29. The standard InChI is InChI=1S/C21H29N3/c1-17-6-5-7-19(16-17)10-9-18(2)23-20-11-14-24(15-12-20)21-8-3-4-13-22-21/h3-8,13,16,18,20,23H,9-12,14-15H2,1-2H3. The number of nitrogens with one attached hydrogen (secondary N) is 1. The molecule has 1 saturated heterocycles. The molecule has 1 aromatic heterocycles. The number of piperidine rings is 1. The molecule has 1 unspecified atom stereocenters. The molecule has 24 heavy (non-hydrogen) atoms. The lowest BCUT2D eigenvalue weighted by Gasteiger charge is -2.34. The summed E-state index contributed by atoms with van der Waals surface area (Å²) in [7, 11) is 0. The Hall–Kier alpha value is -1.87. The van der Waals surface area contributed by atoms with Crippen molar-refractivity contribution >= 4 is 5.82 Å². The van der Waals surface area contributed by atoms with Crippen LogP contribution in [0, 0.1) is 6.92 Å². The van der Waals surface area contributed by atoms with E-state index in [4.69, 9.17) is 0 Å². The molecular weight excluding hydrogens is 294 g/mol. The smallest absolute Gasteiger partial charge is 0.128 e. The van der Waals surface area contributed by atoms with Crippen molar-refractivity contribution in [3.05, 3.63) is 59.8 Å². The van der Waals surface area contributed by atoms with Crippen molar-refractivity contribution in [1.29, 1.82) is 0 Å². The van der Waals surface area contributed by atoms with E-state index in [1.165, 1.54) is 30.4 Å². The van der Waals surface area contributed by atoms with Crippen LogP contribution in [0.3, 0.4) is 0 Å². The lowest BCUT2D eigenvalue weighted by atomic mass is 10.0. The molecule has 0 bridgehead atoms. The van der Waals surface area contributed by atoms with E-state index in [1.54, 1.807) is 0 Å². The van der Waals surface area contributed by atoms with Crippen LogP contribution in [-0.2, 0) is 6.42 Å². The summed E-state index contributed by atoms with van der Waals surface area (Å²) in [6, 6.07) is 16.2. The van der Waals surface area contributed by atoms with Gasteiger partial charge in [0.05, 0.1) is 0 Å². The lowest BCUT2D eigenvalue weighted by Crippen LogP contribution is -2.45. The molecule has 0 aliphatic carbocycles. The fraction of sp³-hybridized carbons (Fsp3) is 0.476. The van der Waals surface area contributed by atoms with Gasteiger partial charge in [0, 0.05) is 31.4 Å². The van der Waals surface area contributed by atoms with Crippen molar-refractivity contribution < 1.29 is 0 Å². The van der Waals surface area contributed by atoms with Crippen molar-refractivity contribution in [2.75, 3.05) is 18.0 Å². The highest BCUT2D eigenvalue weighted by Gasteiger charge is 2.20. The molecular formula is C21H29N3. The van der Waals surface area contributed by atoms with Crippen LogP contribution >= 0.6 is 0 Å². The number of rotatable bonds is 6. The molecule has 128 valence electrons. The molecule has 1 atom stereocenters. The minimum Gasteiger partial charge on any atom is -0.357 e. The molecule has 0 spiro atoms. The van der Waals surface area contributed by atoms with Crippen LogP contribution in [0.5, 0.6) is 0 Å². The molecule has 1 N–H and O–H groups in total. The molecule has 3 heteroatoms. The summed E-state index contributed by atoms with van der Waals surface area (Å²) in [6.45, 7) is 6.68. The molecule has 2 aromatic rings. The molecule has 0 amide bonds. The summed E-state index contributed by atoms with van der Waals surface area (Å²) in [5, 5.41) is 3.83. The SMILES string of the molecule is Cc1cccc(CCC(C)NC2CCN(c3ccccn3)CC2)c1. The Balaban J connectivity index is 1.41. The number of pyridine rings is 1. The van der Waals surface area contributed by atoms with Gasteiger partial charge in [-0.2, -0.15) is 0 Å². The number of anilines is 1. The minimum absolute atomic E-state index is 0.567. The number of nitrogens with zero attached hydrogens (tertiary/aromatic N) is 2. The molecule has 1 aliphatic rings. The van der Waals surface area contributed by atoms with Crippen LogP contribution in [0.25, 0.3) is 0 Å². The van der Waals surface area contributed by atoms with Gasteiger partial charge in [0.2, 0.25) is 0 Å². The molecule has 1 fully saturated rings. The number of aryl methyl sites for hydroxylation is 2. The molecule has 1 aromatic carbocycles. The quantitative estimate of drug-likeness (QED) is 0.872. The van der Waals surface area contributed by atoms with E-state index in [-0.39, 0.29) is 0 Å². The van der Waals surface area contributed by atoms with E-state index >= 15 is 0 Å². The second-order valence-electron chi connectivity index (χ2n) is 7.04. The van der Waals surface area contributed by atoms with E-state index in [0.717, 1.165) is 25.3 Å². The van der Waals surface area contributed by atoms with Gasteiger partial charge in [-0.05, 0) is 57.2 Å². The maximum Gasteiger partial charge on any atom is 0.128 e. The van der Waals surface area contributed by atoms with Gasteiger partial charge >= 0.3 is 0 Å². The van der Waals surface area contributed by atoms with Gasteiger partial charge in [0.25, 0.3) is 0 Å². The highest BCUT2D eigenvalue weighted by atomic mass is 15.2. The van der Waals surface area contributed by atoms with Crippen LogP contribution in [0.15, 0.2) is 48.7 Å². The summed E-state index contributed by atoms with van der Waals surface area (Å²) < 4.78 is 0. The van der Waals surface area contributed by atoms with Gasteiger partial charge in [0.15, 0.2) is 0 Å². The van der Waals surface area contributed by atoms with Gasteiger partial charge in [-0.25, -0.2) is 4.98 Å². The normalized spacial score (nSPS) is 17.0. The Bertz CT molecular complexity index is 618. The molecule has 0 saturated carbocycles. The third-order valence-corrected chi connectivity index (χ3v) is 4.94. The largest absolute Gasteiger partial charge is 0.357 e. The third-order valence-electron chi connectivity index (χ3n) is 4.94. The van der Waals surface area contributed by atoms with Crippen LogP contribution in [-0.4, -0.2) is 30.2 Å². The van der Waals surface area contributed by atoms with Crippen LogP contribution in [0.1, 0.15) is 37.3 Å². The number of aromatic nitrogens is 1. The molecule has 1 aliphatic heterocycles. The molecule has 3 nitrogen and oxygen atoms in total. The van der Waals surface area contributed by atoms with E-state index in [2.05, 4.69) is 65.4 Å². The zero-order chi connectivity index (χ0) is 16.8. The van der Waals surface area contributed by atoms with Gasteiger partial charge in [-0.1, -0.05) is 35.9 Å². The summed E-state index contributed by atoms with van der Waals surface area (Å²) >= 11 is 0. The van der Waals surface area contributed by atoms with Gasteiger partial charge in [-0.15, -0.1) is 0 Å². The van der Waals surface area contributed by atoms with Gasteiger partial charge < -0.3 is 10.2 Å². The first-order valence-electron chi connectivity index (χ1n) is 9.18. The van der Waals surface area contributed by atoms with Crippen molar-refractivity contribution in [2.45, 2.75) is 51.6 Å². The Labute approximate surface area is 146 Å².